The standard InChI is InChI=1S/C15H19N5O3S.C2H6/c1-9(2)14-13-11(7-16)8-20(15(13)18-10(3)17-14)6-5-12(21)19-24(4,22)23;1-2/h8-9H,5-6H2,1-4H3,(H,19,21);1-2H3. The Morgan fingerprint density at radius 2 is 1.96 bits per heavy atom. The summed E-state index contributed by atoms with van der Waals surface area (Å²) < 4.78 is 25.8. The maximum Gasteiger partial charge on any atom is 0.235 e. The molecule has 0 unspecified atom stereocenters. The lowest BCUT2D eigenvalue weighted by molar-refractivity contribution is -0.119. The summed E-state index contributed by atoms with van der Waals surface area (Å²) >= 11 is 0. The Morgan fingerprint density at radius 3 is 2.46 bits per heavy atom. The SMILES string of the molecule is CC.Cc1nc(C(C)C)c2c(C#N)cn(CCC(=O)NS(C)(=O)=O)c2n1. The first-order valence-electron chi connectivity index (χ1n) is 8.40. The van der Waals surface area contributed by atoms with Crippen LogP contribution in [0, 0.1) is 18.3 Å². The molecular formula is C17H25N5O3S. The molecule has 1 N–H and O–H groups in total. The lowest BCUT2D eigenvalue weighted by atomic mass is 10.0. The van der Waals surface area contributed by atoms with Gasteiger partial charge in [-0.2, -0.15) is 5.26 Å². The number of nitriles is 1. The Morgan fingerprint density at radius 1 is 1.35 bits per heavy atom. The first-order chi connectivity index (χ1) is 12.1. The average Bonchev–Trinajstić information content (AvgIpc) is 2.90. The van der Waals surface area contributed by atoms with Crippen LogP contribution in [0.5, 0.6) is 0 Å². The molecule has 8 nitrogen and oxygen atoms in total. The van der Waals surface area contributed by atoms with Gasteiger partial charge in [0.25, 0.3) is 0 Å². The van der Waals surface area contributed by atoms with Gasteiger partial charge in [0.15, 0.2) is 0 Å². The fraction of sp³-hybridized carbons (Fsp3) is 0.529. The number of sulfonamides is 1. The maximum absolute atomic E-state index is 11.7. The summed E-state index contributed by atoms with van der Waals surface area (Å²) in [6.45, 7) is 9.96. The van der Waals surface area contributed by atoms with Crippen molar-refractivity contribution in [3.63, 3.8) is 0 Å². The molecule has 2 aromatic heterocycles. The van der Waals surface area contributed by atoms with Gasteiger partial charge in [-0.3, -0.25) is 9.52 Å². The maximum atomic E-state index is 11.7. The fourth-order valence-electron chi connectivity index (χ4n) is 2.48. The highest BCUT2D eigenvalue weighted by atomic mass is 32.2. The third-order valence-corrected chi connectivity index (χ3v) is 4.00. The van der Waals surface area contributed by atoms with Gasteiger partial charge in [-0.05, 0) is 12.8 Å². The van der Waals surface area contributed by atoms with Crippen molar-refractivity contribution >= 4 is 27.0 Å². The van der Waals surface area contributed by atoms with E-state index in [9.17, 15) is 18.5 Å². The average molecular weight is 379 g/mol. The zero-order chi connectivity index (χ0) is 20.1. The Hall–Kier alpha value is -2.47. The van der Waals surface area contributed by atoms with Crippen LogP contribution in [0.15, 0.2) is 6.20 Å². The van der Waals surface area contributed by atoms with Crippen molar-refractivity contribution in [1.82, 2.24) is 19.3 Å². The second-order valence-electron chi connectivity index (χ2n) is 5.90. The van der Waals surface area contributed by atoms with Crippen LogP contribution in [-0.4, -0.2) is 35.1 Å². The second-order valence-corrected chi connectivity index (χ2v) is 7.65. The molecule has 0 radical (unpaired) electrons. The first kappa shape index (κ1) is 21.6. The van der Waals surface area contributed by atoms with E-state index in [0.29, 0.717) is 22.4 Å². The van der Waals surface area contributed by atoms with Crippen molar-refractivity contribution in [3.8, 4) is 6.07 Å². The summed E-state index contributed by atoms with van der Waals surface area (Å²) in [4.78, 5) is 20.5. The lowest BCUT2D eigenvalue weighted by Crippen LogP contribution is -2.29. The molecule has 2 rings (SSSR count). The van der Waals surface area contributed by atoms with E-state index in [1.165, 1.54) is 0 Å². The fourth-order valence-corrected chi connectivity index (χ4v) is 3.00. The van der Waals surface area contributed by atoms with Gasteiger partial charge in [0, 0.05) is 19.2 Å². The van der Waals surface area contributed by atoms with Crippen molar-refractivity contribution < 1.29 is 13.2 Å². The number of hydrogen-bond donors (Lipinski definition) is 1. The van der Waals surface area contributed by atoms with Gasteiger partial charge in [-0.15, -0.1) is 0 Å². The summed E-state index contributed by atoms with van der Waals surface area (Å²) in [5.41, 5.74) is 1.81. The van der Waals surface area contributed by atoms with E-state index in [1.54, 1.807) is 17.7 Å². The van der Waals surface area contributed by atoms with Gasteiger partial charge in [-0.25, -0.2) is 18.4 Å². The largest absolute Gasteiger partial charge is 0.331 e. The molecule has 26 heavy (non-hydrogen) atoms. The molecule has 2 heterocycles. The van der Waals surface area contributed by atoms with Crippen LogP contribution in [0.1, 0.15) is 57.1 Å². The van der Waals surface area contributed by atoms with Crippen LogP contribution >= 0.6 is 0 Å². The van der Waals surface area contributed by atoms with Crippen LogP contribution in [0.25, 0.3) is 11.0 Å². The molecule has 0 fully saturated rings. The van der Waals surface area contributed by atoms with Crippen molar-refractivity contribution in [1.29, 1.82) is 5.26 Å². The molecular weight excluding hydrogens is 354 g/mol. The minimum absolute atomic E-state index is 0.0399. The summed E-state index contributed by atoms with van der Waals surface area (Å²) in [5.74, 6) is 0.0917. The molecule has 142 valence electrons. The van der Waals surface area contributed by atoms with Crippen molar-refractivity contribution in [2.45, 2.75) is 53.5 Å². The van der Waals surface area contributed by atoms with Gasteiger partial charge in [0.2, 0.25) is 15.9 Å². The van der Waals surface area contributed by atoms with Crippen LogP contribution in [0.2, 0.25) is 0 Å². The lowest BCUT2D eigenvalue weighted by Gasteiger charge is -2.09. The quantitative estimate of drug-likeness (QED) is 0.851. The monoisotopic (exact) mass is 379 g/mol. The zero-order valence-corrected chi connectivity index (χ0v) is 16.8. The number of nitrogens with zero attached hydrogens (tertiary/aromatic N) is 4. The van der Waals surface area contributed by atoms with Crippen molar-refractivity contribution in [3.05, 3.63) is 23.3 Å². The van der Waals surface area contributed by atoms with Crippen LogP contribution in [-0.2, 0) is 21.4 Å². The normalized spacial score (nSPS) is 11.0. The van der Waals surface area contributed by atoms with Gasteiger partial charge >= 0.3 is 0 Å². The Kier molecular flexibility index (Phi) is 7.27. The number of fused-ring (bicyclic) bond motifs is 1. The smallest absolute Gasteiger partial charge is 0.235 e. The molecule has 2 aromatic rings. The summed E-state index contributed by atoms with van der Waals surface area (Å²) in [7, 11) is -3.58. The molecule has 1 amide bonds. The molecule has 9 heteroatoms. The number of nitrogens with one attached hydrogen (secondary N) is 1. The molecule has 0 aliphatic heterocycles. The Balaban J connectivity index is 0.00000163. The minimum Gasteiger partial charge on any atom is -0.331 e. The van der Waals surface area contributed by atoms with Gasteiger partial charge in [0.05, 0.1) is 22.9 Å². The molecule has 0 bridgehead atoms. The third kappa shape index (κ3) is 5.26. The molecule has 0 saturated heterocycles. The first-order valence-corrected chi connectivity index (χ1v) is 10.3. The van der Waals surface area contributed by atoms with Gasteiger partial charge < -0.3 is 4.57 Å². The van der Waals surface area contributed by atoms with E-state index >= 15 is 0 Å². The number of carbonyl (C=O) groups excluding carboxylic acids is 1. The van der Waals surface area contributed by atoms with E-state index in [4.69, 9.17) is 0 Å². The summed E-state index contributed by atoms with van der Waals surface area (Å²) in [6.07, 6.45) is 2.51. The highest BCUT2D eigenvalue weighted by Gasteiger charge is 2.18. The number of amides is 1. The van der Waals surface area contributed by atoms with E-state index in [0.717, 1.165) is 11.9 Å². The van der Waals surface area contributed by atoms with E-state index in [1.807, 2.05) is 32.4 Å². The summed E-state index contributed by atoms with van der Waals surface area (Å²) in [5, 5.41) is 10.1. The highest BCUT2D eigenvalue weighted by Crippen LogP contribution is 2.27. The molecule has 0 aliphatic carbocycles. The molecule has 0 spiro atoms. The molecule has 0 aromatic carbocycles. The third-order valence-electron chi connectivity index (χ3n) is 3.40. The van der Waals surface area contributed by atoms with Crippen molar-refractivity contribution in [2.24, 2.45) is 0 Å². The molecule has 0 aliphatic rings. The van der Waals surface area contributed by atoms with Crippen LogP contribution in [0.4, 0.5) is 0 Å². The number of carbonyl (C=O) groups is 1. The molecule has 0 atom stereocenters. The summed E-state index contributed by atoms with van der Waals surface area (Å²) in [6, 6.07) is 2.13. The van der Waals surface area contributed by atoms with Crippen LogP contribution in [0.3, 0.4) is 0 Å². The van der Waals surface area contributed by atoms with E-state index in [-0.39, 0.29) is 18.9 Å². The van der Waals surface area contributed by atoms with Crippen molar-refractivity contribution in [2.75, 3.05) is 6.26 Å². The Bertz CT molecular complexity index is 939. The Labute approximate surface area is 154 Å². The number of aromatic nitrogens is 3. The van der Waals surface area contributed by atoms with Crippen LogP contribution < -0.4 is 4.72 Å². The highest BCUT2D eigenvalue weighted by molar-refractivity contribution is 7.89. The number of hydrogen-bond acceptors (Lipinski definition) is 6. The minimum atomic E-state index is -3.58. The number of aryl methyl sites for hydroxylation is 2. The zero-order valence-electron chi connectivity index (χ0n) is 16.0. The van der Waals surface area contributed by atoms with E-state index in [2.05, 4.69) is 16.0 Å². The second kappa shape index (κ2) is 8.76. The predicted octanol–water partition coefficient (Wildman–Crippen LogP) is 2.23. The number of rotatable bonds is 5. The topological polar surface area (TPSA) is 118 Å². The predicted molar refractivity (Wildman–Crippen MR) is 100 cm³/mol. The van der Waals surface area contributed by atoms with E-state index < -0.39 is 15.9 Å². The van der Waals surface area contributed by atoms with Gasteiger partial charge in [-0.1, -0.05) is 27.7 Å². The van der Waals surface area contributed by atoms with Gasteiger partial charge in [0.1, 0.15) is 17.5 Å². The molecule has 0 saturated carbocycles.